The summed E-state index contributed by atoms with van der Waals surface area (Å²) in [5, 5.41) is 9.27. The van der Waals surface area contributed by atoms with E-state index in [2.05, 4.69) is 0 Å². The molecule has 0 bridgehead atoms. The molecular formula is C13H24N2O5. The fraction of sp³-hybridized carbons (Fsp3) is 0.846. The minimum Gasteiger partial charge on any atom is -0.480 e. The fourth-order valence-corrected chi connectivity index (χ4v) is 2.41. The van der Waals surface area contributed by atoms with E-state index in [0.29, 0.717) is 19.6 Å². The number of methoxy groups -OCH3 is 2. The second-order valence-electron chi connectivity index (χ2n) is 5.34. The van der Waals surface area contributed by atoms with Gasteiger partial charge in [-0.2, -0.15) is 0 Å². The molecule has 0 radical (unpaired) electrons. The molecule has 1 aliphatic rings. The molecular weight excluding hydrogens is 264 g/mol. The molecule has 1 rings (SSSR count). The molecule has 1 N–H and O–H groups in total. The molecule has 7 heteroatoms. The highest BCUT2D eigenvalue weighted by molar-refractivity contribution is 5.85. The van der Waals surface area contributed by atoms with Crippen molar-refractivity contribution in [1.82, 2.24) is 9.80 Å². The predicted octanol–water partition coefficient (Wildman–Crippen LogP) is 0.637. The number of urea groups is 1. The van der Waals surface area contributed by atoms with E-state index in [9.17, 15) is 14.7 Å². The summed E-state index contributed by atoms with van der Waals surface area (Å²) in [5.41, 5.74) is -1.25. The van der Waals surface area contributed by atoms with Gasteiger partial charge in [0.25, 0.3) is 0 Å². The third-order valence-electron chi connectivity index (χ3n) is 3.84. The van der Waals surface area contributed by atoms with Crippen LogP contribution in [0.15, 0.2) is 0 Å². The summed E-state index contributed by atoms with van der Waals surface area (Å²) >= 11 is 0. The number of amides is 2. The molecule has 0 aromatic carbocycles. The van der Waals surface area contributed by atoms with Crippen molar-refractivity contribution in [2.24, 2.45) is 0 Å². The van der Waals surface area contributed by atoms with Gasteiger partial charge < -0.3 is 24.4 Å². The Morgan fingerprint density at radius 1 is 1.25 bits per heavy atom. The van der Waals surface area contributed by atoms with Gasteiger partial charge in [0.15, 0.2) is 0 Å². The summed E-state index contributed by atoms with van der Waals surface area (Å²) in [7, 11) is 3.15. The second kappa shape index (κ2) is 6.41. The first-order chi connectivity index (χ1) is 9.29. The summed E-state index contributed by atoms with van der Waals surface area (Å²) in [6.07, 6.45) is -0.369. The molecule has 2 atom stereocenters. The third-order valence-corrected chi connectivity index (χ3v) is 3.84. The van der Waals surface area contributed by atoms with E-state index in [-0.39, 0.29) is 18.2 Å². The molecule has 0 aromatic heterocycles. The van der Waals surface area contributed by atoms with E-state index in [4.69, 9.17) is 9.47 Å². The van der Waals surface area contributed by atoms with Gasteiger partial charge in [0.1, 0.15) is 17.7 Å². The second-order valence-corrected chi connectivity index (χ2v) is 5.34. The number of rotatable bonds is 5. The zero-order chi connectivity index (χ0) is 15.5. The summed E-state index contributed by atoms with van der Waals surface area (Å²) in [6.45, 7) is 5.94. The molecule has 0 aromatic rings. The summed E-state index contributed by atoms with van der Waals surface area (Å²) < 4.78 is 10.6. The van der Waals surface area contributed by atoms with E-state index in [1.165, 1.54) is 18.7 Å². The number of aliphatic carboxylic acids is 1. The first-order valence-corrected chi connectivity index (χ1v) is 6.65. The van der Waals surface area contributed by atoms with E-state index in [0.717, 1.165) is 0 Å². The first-order valence-electron chi connectivity index (χ1n) is 6.65. The highest BCUT2D eigenvalue weighted by atomic mass is 16.5. The van der Waals surface area contributed by atoms with Crippen molar-refractivity contribution >= 4 is 12.0 Å². The van der Waals surface area contributed by atoms with Crippen LogP contribution >= 0.6 is 0 Å². The Labute approximate surface area is 119 Å². The number of carboxylic acids is 1. The molecule has 0 aliphatic carbocycles. The van der Waals surface area contributed by atoms with Crippen LogP contribution in [0.5, 0.6) is 0 Å². The molecule has 1 fully saturated rings. The normalized spacial score (nSPS) is 22.9. The maximum absolute atomic E-state index is 12.5. The predicted molar refractivity (Wildman–Crippen MR) is 72.7 cm³/mol. The largest absolute Gasteiger partial charge is 0.480 e. The van der Waals surface area contributed by atoms with Crippen molar-refractivity contribution in [3.63, 3.8) is 0 Å². The number of hydrogen-bond donors (Lipinski definition) is 1. The molecule has 7 nitrogen and oxygen atoms in total. The quantitative estimate of drug-likeness (QED) is 0.803. The molecule has 2 amide bonds. The third kappa shape index (κ3) is 3.04. The Kier molecular flexibility index (Phi) is 5.35. The van der Waals surface area contributed by atoms with E-state index in [1.807, 2.05) is 0 Å². The van der Waals surface area contributed by atoms with Crippen molar-refractivity contribution in [3.05, 3.63) is 0 Å². The van der Waals surface area contributed by atoms with Crippen LogP contribution in [0.3, 0.4) is 0 Å². The van der Waals surface area contributed by atoms with Crippen LogP contribution < -0.4 is 0 Å². The number of carbonyl (C=O) groups is 2. The van der Waals surface area contributed by atoms with Crippen LogP contribution in [0.1, 0.15) is 20.8 Å². The zero-order valence-corrected chi connectivity index (χ0v) is 12.8. The van der Waals surface area contributed by atoms with Crippen LogP contribution in [0, 0.1) is 0 Å². The number of carbonyl (C=O) groups excluding carboxylic acids is 1. The minimum absolute atomic E-state index is 0.185. The van der Waals surface area contributed by atoms with Gasteiger partial charge in [-0.15, -0.1) is 0 Å². The lowest BCUT2D eigenvalue weighted by atomic mass is 10.0. The van der Waals surface area contributed by atoms with Crippen molar-refractivity contribution in [1.29, 1.82) is 0 Å². The van der Waals surface area contributed by atoms with Crippen LogP contribution in [0.25, 0.3) is 0 Å². The number of ether oxygens (including phenoxy) is 2. The number of hydrogen-bond acceptors (Lipinski definition) is 4. The molecule has 0 spiro atoms. The molecule has 0 saturated carbocycles. The van der Waals surface area contributed by atoms with Gasteiger partial charge >= 0.3 is 12.0 Å². The lowest BCUT2D eigenvalue weighted by Crippen LogP contribution is -2.56. The van der Waals surface area contributed by atoms with Crippen LogP contribution in [0.2, 0.25) is 0 Å². The van der Waals surface area contributed by atoms with Crippen molar-refractivity contribution < 1.29 is 24.2 Å². The van der Waals surface area contributed by atoms with Gasteiger partial charge in [-0.05, 0) is 20.8 Å². The summed E-state index contributed by atoms with van der Waals surface area (Å²) in [4.78, 5) is 26.8. The maximum atomic E-state index is 12.5. The van der Waals surface area contributed by atoms with Gasteiger partial charge in [0, 0.05) is 20.8 Å². The summed E-state index contributed by atoms with van der Waals surface area (Å²) in [6, 6.07) is -0.304. The van der Waals surface area contributed by atoms with Gasteiger partial charge in [-0.25, -0.2) is 9.59 Å². The topological polar surface area (TPSA) is 79.3 Å². The Bertz CT molecular complexity index is 360. The monoisotopic (exact) mass is 288 g/mol. The fourth-order valence-electron chi connectivity index (χ4n) is 2.41. The van der Waals surface area contributed by atoms with Crippen molar-refractivity contribution in [2.75, 3.05) is 33.9 Å². The minimum atomic E-state index is -1.25. The summed E-state index contributed by atoms with van der Waals surface area (Å²) in [5.74, 6) is -1.03. The van der Waals surface area contributed by atoms with Crippen molar-refractivity contribution in [3.8, 4) is 0 Å². The van der Waals surface area contributed by atoms with Gasteiger partial charge in [0.05, 0.1) is 13.1 Å². The highest BCUT2D eigenvalue weighted by Crippen LogP contribution is 2.22. The van der Waals surface area contributed by atoms with E-state index >= 15 is 0 Å². The molecule has 2 unspecified atom stereocenters. The smallest absolute Gasteiger partial charge is 0.329 e. The Hall–Kier alpha value is -1.34. The number of nitrogens with zero attached hydrogens (tertiary/aromatic N) is 2. The Morgan fingerprint density at radius 2 is 1.70 bits per heavy atom. The Balaban J connectivity index is 2.86. The lowest BCUT2D eigenvalue weighted by molar-refractivity contribution is -0.147. The molecule has 116 valence electrons. The molecule has 1 saturated heterocycles. The first kappa shape index (κ1) is 16.7. The maximum Gasteiger partial charge on any atom is 0.329 e. The van der Waals surface area contributed by atoms with Crippen LogP contribution in [0.4, 0.5) is 4.79 Å². The Morgan fingerprint density at radius 3 is 2.00 bits per heavy atom. The average molecular weight is 288 g/mol. The van der Waals surface area contributed by atoms with Crippen molar-refractivity contribution in [2.45, 2.75) is 38.5 Å². The van der Waals surface area contributed by atoms with Gasteiger partial charge in [0.2, 0.25) is 0 Å². The molecule has 1 heterocycles. The highest BCUT2D eigenvalue weighted by Gasteiger charge is 2.43. The SMILES string of the molecule is CCN(C(=O)N1CC(OC)C(OC)C1)C(C)(C)C(=O)O. The zero-order valence-electron chi connectivity index (χ0n) is 12.8. The van der Waals surface area contributed by atoms with Gasteiger partial charge in [-0.3, -0.25) is 0 Å². The number of carboxylic acid groups (broad SMARTS) is 1. The van der Waals surface area contributed by atoms with Crippen LogP contribution in [-0.2, 0) is 14.3 Å². The standard InChI is InChI=1S/C13H24N2O5/c1-6-15(13(2,3)11(16)17)12(18)14-7-9(19-4)10(8-14)20-5/h9-10H,6-8H2,1-5H3,(H,16,17). The number of likely N-dealkylation sites (N-methyl/N-ethyl adjacent to an activating group) is 1. The van der Waals surface area contributed by atoms with Crippen LogP contribution in [-0.4, -0.2) is 78.5 Å². The average Bonchev–Trinajstić information content (AvgIpc) is 2.82. The van der Waals surface area contributed by atoms with Gasteiger partial charge in [-0.1, -0.05) is 0 Å². The van der Waals surface area contributed by atoms with E-state index < -0.39 is 11.5 Å². The molecule has 1 aliphatic heterocycles. The molecule has 20 heavy (non-hydrogen) atoms. The lowest BCUT2D eigenvalue weighted by Gasteiger charge is -2.36. The van der Waals surface area contributed by atoms with E-state index in [1.54, 1.807) is 26.0 Å². The number of likely N-dealkylation sites (tertiary alicyclic amines) is 1.